The summed E-state index contributed by atoms with van der Waals surface area (Å²) in [7, 11) is 4.25. The number of methoxy groups -OCH3 is 2. The molecule has 0 aliphatic carbocycles. The van der Waals surface area contributed by atoms with Gasteiger partial charge in [-0.15, -0.1) is 0 Å². The highest BCUT2D eigenvalue weighted by Gasteiger charge is 2.41. The van der Waals surface area contributed by atoms with Crippen molar-refractivity contribution in [2.45, 2.75) is 38.4 Å². The Hall–Kier alpha value is -4.91. The number of alkyl halides is 3. The Morgan fingerprint density at radius 3 is 1.96 bits per heavy atom. The molecule has 0 fully saturated rings. The average Bonchev–Trinajstić information content (AvgIpc) is 3.03. The normalized spacial score (nSPS) is 16.8. The quantitative estimate of drug-likeness (QED) is 0.306. The Morgan fingerprint density at radius 1 is 0.891 bits per heavy atom. The maximum absolute atomic E-state index is 13.2. The predicted molar refractivity (Wildman–Crippen MR) is 160 cm³/mol. The minimum Gasteiger partial charge on any atom is -0.478 e. The zero-order valence-corrected chi connectivity index (χ0v) is 25.8. The van der Waals surface area contributed by atoms with Crippen molar-refractivity contribution in [1.82, 2.24) is 9.80 Å². The summed E-state index contributed by atoms with van der Waals surface area (Å²) in [6.07, 6.45) is -1.99. The summed E-state index contributed by atoms with van der Waals surface area (Å²) in [4.78, 5) is 49.4. The van der Waals surface area contributed by atoms with Crippen molar-refractivity contribution in [2.24, 2.45) is 0 Å². The van der Waals surface area contributed by atoms with Crippen molar-refractivity contribution < 1.29 is 52.0 Å². The van der Waals surface area contributed by atoms with E-state index < -0.39 is 41.5 Å². The number of hydrogen-bond donors (Lipinski definition) is 2. The van der Waals surface area contributed by atoms with E-state index in [1.165, 1.54) is 37.5 Å². The topological polar surface area (TPSA) is 134 Å². The summed E-state index contributed by atoms with van der Waals surface area (Å²) < 4.78 is 49.9. The highest BCUT2D eigenvalue weighted by Crippen LogP contribution is 2.44. The van der Waals surface area contributed by atoms with Crippen LogP contribution in [0, 0.1) is 0 Å². The van der Waals surface area contributed by atoms with Crippen LogP contribution in [-0.4, -0.2) is 78.2 Å². The van der Waals surface area contributed by atoms with Crippen LogP contribution in [0.4, 0.5) is 13.2 Å². The number of ether oxygens (including phenoxy) is 2. The number of hydrogen-bond acceptors (Lipinski definition) is 8. The van der Waals surface area contributed by atoms with Gasteiger partial charge in [0.1, 0.15) is 0 Å². The summed E-state index contributed by atoms with van der Waals surface area (Å²) in [5.41, 5.74) is 3.78. The molecule has 2 aromatic rings. The summed E-state index contributed by atoms with van der Waals surface area (Å²) in [6, 6.07) is 12.8. The number of nitrogens with zero attached hydrogens (tertiary/aromatic N) is 2. The van der Waals surface area contributed by atoms with Gasteiger partial charge in [-0.25, -0.2) is 19.2 Å². The minimum atomic E-state index is -4.51. The molecule has 0 aromatic heterocycles. The summed E-state index contributed by atoms with van der Waals surface area (Å²) >= 11 is 0. The Labute approximate surface area is 264 Å². The van der Waals surface area contributed by atoms with E-state index in [4.69, 9.17) is 19.7 Å². The first-order valence-electron chi connectivity index (χ1n) is 14.1. The first kappa shape index (κ1) is 35.6. The van der Waals surface area contributed by atoms with Crippen molar-refractivity contribution in [1.29, 1.82) is 0 Å². The molecule has 2 aliphatic heterocycles. The smallest absolute Gasteiger partial charge is 0.416 e. The third-order valence-electron chi connectivity index (χ3n) is 7.81. The van der Waals surface area contributed by atoms with Crippen LogP contribution in [0.25, 0.3) is 0 Å². The molecular weight excluding hydrogens is 609 g/mol. The molecule has 1 unspecified atom stereocenters. The van der Waals surface area contributed by atoms with E-state index in [1.807, 2.05) is 12.1 Å². The highest BCUT2D eigenvalue weighted by atomic mass is 19.4. The molecule has 0 amide bonds. The second-order valence-corrected chi connectivity index (χ2v) is 10.5. The molecule has 2 aliphatic rings. The number of allylic oxidation sites excluding steroid dienone is 1. The number of esters is 2. The highest BCUT2D eigenvalue weighted by molar-refractivity contribution is 5.99. The number of carbonyl (C=O) groups is 4. The van der Waals surface area contributed by atoms with E-state index in [9.17, 15) is 32.3 Å². The van der Waals surface area contributed by atoms with Gasteiger partial charge in [-0.05, 0) is 42.2 Å². The van der Waals surface area contributed by atoms with Crippen molar-refractivity contribution in [3.05, 3.63) is 105 Å². The third kappa shape index (κ3) is 8.62. The van der Waals surface area contributed by atoms with E-state index in [2.05, 4.69) is 17.0 Å². The van der Waals surface area contributed by atoms with Gasteiger partial charge in [-0.3, -0.25) is 4.90 Å². The molecule has 0 saturated carbocycles. The molecule has 1 atom stereocenters. The summed E-state index contributed by atoms with van der Waals surface area (Å²) in [5, 5.41) is 15.6. The fraction of sp³-hybridized carbons (Fsp3) is 0.333. The van der Waals surface area contributed by atoms with E-state index in [0.29, 0.717) is 42.1 Å². The number of aliphatic carboxylic acids is 2. The number of carboxylic acid groups (broad SMARTS) is 2. The van der Waals surface area contributed by atoms with E-state index in [0.717, 1.165) is 31.6 Å². The van der Waals surface area contributed by atoms with Crippen LogP contribution in [0.15, 0.2) is 83.2 Å². The lowest BCUT2D eigenvalue weighted by Crippen LogP contribution is -2.37. The van der Waals surface area contributed by atoms with Gasteiger partial charge < -0.3 is 24.6 Å². The summed E-state index contributed by atoms with van der Waals surface area (Å²) in [5.74, 6) is -4.76. The maximum atomic E-state index is 13.2. The fourth-order valence-corrected chi connectivity index (χ4v) is 5.46. The molecule has 4 rings (SSSR count). The second kappa shape index (κ2) is 15.4. The average molecular weight is 645 g/mol. The Kier molecular flexibility index (Phi) is 11.9. The zero-order chi connectivity index (χ0) is 34.2. The third-order valence-corrected chi connectivity index (χ3v) is 7.81. The van der Waals surface area contributed by atoms with Gasteiger partial charge in [0, 0.05) is 56.6 Å². The largest absolute Gasteiger partial charge is 0.478 e. The number of halogens is 3. The molecule has 246 valence electrons. The number of fused-ring (bicyclic) bond motifs is 1. The molecule has 2 N–H and O–H groups in total. The molecular formula is C33H35F3N2O8. The molecule has 2 heterocycles. The number of carbonyl (C=O) groups excluding carboxylic acids is 2. The first-order chi connectivity index (χ1) is 21.7. The van der Waals surface area contributed by atoms with Gasteiger partial charge in [-0.1, -0.05) is 36.4 Å². The van der Waals surface area contributed by atoms with Gasteiger partial charge in [0.25, 0.3) is 0 Å². The SMILES string of the molecule is COC(=O)C1=C(C)N(C)C(CCN2CCc3ccccc3C2)=C(C(=O)OC)C1c1ccc(C(F)(F)F)cc1.O=C(O)/C=C/C(=O)O. The monoisotopic (exact) mass is 644 g/mol. The maximum Gasteiger partial charge on any atom is 0.416 e. The Morgan fingerprint density at radius 2 is 1.43 bits per heavy atom. The molecule has 0 spiro atoms. The predicted octanol–water partition coefficient (Wildman–Crippen LogP) is 4.77. The lowest BCUT2D eigenvalue weighted by Gasteiger charge is -2.38. The Balaban J connectivity index is 0.000000637. The van der Waals surface area contributed by atoms with Gasteiger partial charge in [0.15, 0.2) is 0 Å². The van der Waals surface area contributed by atoms with E-state index in [1.54, 1.807) is 18.9 Å². The minimum absolute atomic E-state index is 0.186. The van der Waals surface area contributed by atoms with Crippen LogP contribution in [0.2, 0.25) is 0 Å². The zero-order valence-electron chi connectivity index (χ0n) is 25.8. The summed E-state index contributed by atoms with van der Waals surface area (Å²) in [6.45, 7) is 4.04. The lowest BCUT2D eigenvalue weighted by molar-refractivity contribution is -0.139. The van der Waals surface area contributed by atoms with Crippen molar-refractivity contribution in [2.75, 3.05) is 34.4 Å². The standard InChI is InChI=1S/C29H31F3N2O4.C4H4O4/c1-18-24(27(35)37-3)25(20-9-11-22(12-10-20)29(30,31)32)26(28(36)38-4)23(33(18)2)14-16-34-15-13-19-7-5-6-8-21(19)17-34;5-3(6)1-2-4(7)8/h5-12,25H,13-17H2,1-4H3;1-2H,(H,5,6)(H,7,8)/b;2-1+. The molecule has 0 radical (unpaired) electrons. The second-order valence-electron chi connectivity index (χ2n) is 10.5. The van der Waals surface area contributed by atoms with Crippen molar-refractivity contribution in [3.8, 4) is 0 Å². The van der Waals surface area contributed by atoms with Gasteiger partial charge >= 0.3 is 30.1 Å². The number of rotatable bonds is 8. The molecule has 0 saturated heterocycles. The Bertz CT molecular complexity index is 1550. The number of carboxylic acids is 2. The van der Waals surface area contributed by atoms with Crippen LogP contribution in [0.3, 0.4) is 0 Å². The van der Waals surface area contributed by atoms with Crippen LogP contribution in [0.1, 0.15) is 41.5 Å². The molecule has 0 bridgehead atoms. The fourth-order valence-electron chi connectivity index (χ4n) is 5.46. The van der Waals surface area contributed by atoms with Crippen LogP contribution in [-0.2, 0) is 47.8 Å². The van der Waals surface area contributed by atoms with Crippen LogP contribution < -0.4 is 0 Å². The molecule has 2 aromatic carbocycles. The molecule has 10 nitrogen and oxygen atoms in total. The first-order valence-corrected chi connectivity index (χ1v) is 14.1. The molecule has 46 heavy (non-hydrogen) atoms. The van der Waals surface area contributed by atoms with Gasteiger partial charge in [0.2, 0.25) is 0 Å². The van der Waals surface area contributed by atoms with E-state index >= 15 is 0 Å². The van der Waals surface area contributed by atoms with Crippen LogP contribution in [0.5, 0.6) is 0 Å². The van der Waals surface area contributed by atoms with Gasteiger partial charge in [0.05, 0.1) is 36.8 Å². The van der Waals surface area contributed by atoms with Crippen LogP contribution >= 0.6 is 0 Å². The molecule has 13 heteroatoms. The van der Waals surface area contributed by atoms with E-state index in [-0.39, 0.29) is 11.1 Å². The number of benzene rings is 2. The van der Waals surface area contributed by atoms with Crippen molar-refractivity contribution >= 4 is 23.9 Å². The van der Waals surface area contributed by atoms with Gasteiger partial charge in [-0.2, -0.15) is 13.2 Å². The van der Waals surface area contributed by atoms with Crippen molar-refractivity contribution in [3.63, 3.8) is 0 Å². The lowest BCUT2D eigenvalue weighted by atomic mass is 9.79.